The van der Waals surface area contributed by atoms with Crippen molar-refractivity contribution in [2.24, 2.45) is 0 Å². The summed E-state index contributed by atoms with van der Waals surface area (Å²) in [6.45, 7) is 5.05. The van der Waals surface area contributed by atoms with Crippen molar-refractivity contribution in [2.45, 2.75) is 25.5 Å². The van der Waals surface area contributed by atoms with Crippen molar-refractivity contribution in [3.8, 4) is 11.3 Å². The zero-order chi connectivity index (χ0) is 12.7. The van der Waals surface area contributed by atoms with Crippen molar-refractivity contribution in [1.29, 1.82) is 0 Å². The molecule has 2 heterocycles. The third kappa shape index (κ3) is 1.68. The van der Waals surface area contributed by atoms with Crippen molar-refractivity contribution in [3.63, 3.8) is 0 Å². The number of rotatable bonds is 2. The van der Waals surface area contributed by atoms with E-state index in [0.717, 1.165) is 35.0 Å². The van der Waals surface area contributed by atoms with Crippen LogP contribution in [0.25, 0.3) is 11.3 Å². The quantitative estimate of drug-likeness (QED) is 0.776. The molecule has 1 aliphatic rings. The van der Waals surface area contributed by atoms with Crippen molar-refractivity contribution in [3.05, 3.63) is 35.0 Å². The second-order valence-corrected chi connectivity index (χ2v) is 5.61. The number of carbonyl (C=O) groups excluding carboxylic acids is 1. The molecule has 0 amide bonds. The highest BCUT2D eigenvalue weighted by Gasteiger charge is 2.22. The van der Waals surface area contributed by atoms with Crippen LogP contribution < -0.4 is 0 Å². The minimum absolute atomic E-state index is 0.707. The van der Waals surface area contributed by atoms with Crippen LogP contribution in [0.2, 0.25) is 0 Å². The lowest BCUT2D eigenvalue weighted by atomic mass is 10.0. The molecule has 0 aliphatic carbocycles. The molecule has 2 aromatic rings. The zero-order valence-corrected chi connectivity index (χ0v) is 11.3. The van der Waals surface area contributed by atoms with Crippen LogP contribution in [0.15, 0.2) is 23.4 Å². The Morgan fingerprint density at radius 3 is 2.89 bits per heavy atom. The van der Waals surface area contributed by atoms with E-state index in [1.807, 2.05) is 10.6 Å². The number of hydrogen-bond acceptors (Lipinski definition) is 3. The topological polar surface area (TPSA) is 34.9 Å². The SMILES string of the molecule is Cc1ccc(-c2nc3n(c2C=O)CCS3)cc1C. The van der Waals surface area contributed by atoms with E-state index in [1.54, 1.807) is 11.8 Å². The minimum atomic E-state index is 0.707. The standard InChI is InChI=1S/C14H14N2OS/c1-9-3-4-11(7-10(9)2)13-12(8-17)16-5-6-18-14(16)15-13/h3-4,7-8H,5-6H2,1-2H3. The average Bonchev–Trinajstić information content (AvgIpc) is 2.92. The number of aromatic nitrogens is 2. The molecular formula is C14H14N2OS. The van der Waals surface area contributed by atoms with Gasteiger partial charge >= 0.3 is 0 Å². The van der Waals surface area contributed by atoms with Crippen LogP contribution in [-0.4, -0.2) is 21.6 Å². The highest BCUT2D eigenvalue weighted by molar-refractivity contribution is 7.99. The predicted molar refractivity (Wildman–Crippen MR) is 73.2 cm³/mol. The van der Waals surface area contributed by atoms with Gasteiger partial charge < -0.3 is 4.57 Å². The fraction of sp³-hybridized carbons (Fsp3) is 0.286. The largest absolute Gasteiger partial charge is 0.315 e. The van der Waals surface area contributed by atoms with Crippen LogP contribution in [0.3, 0.4) is 0 Å². The summed E-state index contributed by atoms with van der Waals surface area (Å²) in [5.74, 6) is 1.01. The molecule has 0 saturated heterocycles. The second-order valence-electron chi connectivity index (χ2n) is 4.55. The number of aryl methyl sites for hydroxylation is 2. The number of nitrogens with zero attached hydrogens (tertiary/aromatic N) is 2. The molecule has 0 saturated carbocycles. The summed E-state index contributed by atoms with van der Waals surface area (Å²) in [6, 6.07) is 6.22. The molecule has 0 fully saturated rings. The Labute approximate surface area is 110 Å². The lowest BCUT2D eigenvalue weighted by Gasteiger charge is -2.04. The normalized spacial score (nSPS) is 13.7. The summed E-state index contributed by atoms with van der Waals surface area (Å²) < 4.78 is 2.02. The number of hydrogen-bond donors (Lipinski definition) is 0. The number of thioether (sulfide) groups is 1. The highest BCUT2D eigenvalue weighted by atomic mass is 32.2. The summed E-state index contributed by atoms with van der Waals surface area (Å²) in [5.41, 5.74) is 5.04. The molecule has 3 rings (SSSR count). The molecule has 4 heteroatoms. The third-order valence-electron chi connectivity index (χ3n) is 3.41. The smallest absolute Gasteiger partial charge is 0.169 e. The van der Waals surface area contributed by atoms with Gasteiger partial charge in [-0.2, -0.15) is 0 Å². The fourth-order valence-corrected chi connectivity index (χ4v) is 3.18. The van der Waals surface area contributed by atoms with E-state index in [9.17, 15) is 4.79 Å². The third-order valence-corrected chi connectivity index (χ3v) is 4.37. The number of aldehydes is 1. The lowest BCUT2D eigenvalue weighted by Crippen LogP contribution is -2.00. The van der Waals surface area contributed by atoms with E-state index in [1.165, 1.54) is 11.1 Å². The number of imidazole rings is 1. The van der Waals surface area contributed by atoms with E-state index in [-0.39, 0.29) is 0 Å². The van der Waals surface area contributed by atoms with Crippen molar-refractivity contribution in [1.82, 2.24) is 9.55 Å². The molecule has 1 aromatic carbocycles. The summed E-state index contributed by atoms with van der Waals surface area (Å²) >= 11 is 1.71. The first kappa shape index (κ1) is 11.5. The first-order valence-corrected chi connectivity index (χ1v) is 6.95. The molecular weight excluding hydrogens is 244 g/mol. The van der Waals surface area contributed by atoms with Gasteiger partial charge in [0.25, 0.3) is 0 Å². The van der Waals surface area contributed by atoms with Crippen LogP contribution in [0, 0.1) is 13.8 Å². The van der Waals surface area contributed by atoms with E-state index in [4.69, 9.17) is 0 Å². The van der Waals surface area contributed by atoms with Crippen molar-refractivity contribution in [2.75, 3.05) is 5.75 Å². The molecule has 1 aliphatic heterocycles. The van der Waals surface area contributed by atoms with Crippen molar-refractivity contribution >= 4 is 18.0 Å². The minimum Gasteiger partial charge on any atom is -0.315 e. The Balaban J connectivity index is 2.17. The van der Waals surface area contributed by atoms with Gasteiger partial charge in [0.2, 0.25) is 0 Å². The Kier molecular flexibility index (Phi) is 2.74. The molecule has 1 aromatic heterocycles. The lowest BCUT2D eigenvalue weighted by molar-refractivity contribution is 0.111. The molecule has 0 N–H and O–H groups in total. The molecule has 92 valence electrons. The van der Waals surface area contributed by atoms with Crippen LogP contribution in [-0.2, 0) is 6.54 Å². The summed E-state index contributed by atoms with van der Waals surface area (Å²) in [7, 11) is 0. The molecule has 0 radical (unpaired) electrons. The van der Waals surface area contributed by atoms with Gasteiger partial charge in [0.05, 0.1) is 0 Å². The van der Waals surface area contributed by atoms with Crippen LogP contribution in [0.5, 0.6) is 0 Å². The van der Waals surface area contributed by atoms with Crippen molar-refractivity contribution < 1.29 is 4.79 Å². The van der Waals surface area contributed by atoms with Gasteiger partial charge in [-0.15, -0.1) is 0 Å². The first-order valence-electron chi connectivity index (χ1n) is 5.97. The predicted octanol–water partition coefficient (Wildman–Crippen LogP) is 3.09. The Morgan fingerprint density at radius 2 is 2.17 bits per heavy atom. The molecule has 3 nitrogen and oxygen atoms in total. The first-order chi connectivity index (χ1) is 8.70. The summed E-state index contributed by atoms with van der Waals surface area (Å²) in [5, 5.41) is 0.963. The maximum Gasteiger partial charge on any atom is 0.169 e. The van der Waals surface area contributed by atoms with Crippen LogP contribution in [0.4, 0.5) is 0 Å². The number of benzene rings is 1. The van der Waals surface area contributed by atoms with Gasteiger partial charge in [0.1, 0.15) is 11.4 Å². The maximum atomic E-state index is 11.3. The Morgan fingerprint density at radius 1 is 1.33 bits per heavy atom. The van der Waals surface area contributed by atoms with Crippen LogP contribution >= 0.6 is 11.8 Å². The monoisotopic (exact) mass is 258 g/mol. The van der Waals surface area contributed by atoms with E-state index >= 15 is 0 Å². The van der Waals surface area contributed by atoms with Gasteiger partial charge in [-0.1, -0.05) is 23.9 Å². The zero-order valence-electron chi connectivity index (χ0n) is 10.4. The van der Waals surface area contributed by atoms with E-state index in [2.05, 4.69) is 31.0 Å². The number of fused-ring (bicyclic) bond motifs is 1. The van der Waals surface area contributed by atoms with E-state index in [0.29, 0.717) is 5.69 Å². The Hall–Kier alpha value is -1.55. The second kappa shape index (κ2) is 4.28. The van der Waals surface area contributed by atoms with Crippen LogP contribution in [0.1, 0.15) is 21.6 Å². The van der Waals surface area contributed by atoms with Gasteiger partial charge in [-0.05, 0) is 31.0 Å². The maximum absolute atomic E-state index is 11.3. The summed E-state index contributed by atoms with van der Waals surface area (Å²) in [4.78, 5) is 15.9. The van der Waals surface area contributed by atoms with Gasteiger partial charge in [0.15, 0.2) is 11.4 Å². The molecule has 18 heavy (non-hydrogen) atoms. The molecule has 0 bridgehead atoms. The van der Waals surface area contributed by atoms with E-state index < -0.39 is 0 Å². The Bertz CT molecular complexity index is 631. The average molecular weight is 258 g/mol. The molecule has 0 spiro atoms. The fourth-order valence-electron chi connectivity index (χ4n) is 2.22. The number of carbonyl (C=O) groups is 1. The van der Waals surface area contributed by atoms with Gasteiger partial charge in [-0.3, -0.25) is 4.79 Å². The summed E-state index contributed by atoms with van der Waals surface area (Å²) in [6.07, 6.45) is 0.924. The molecule has 0 unspecified atom stereocenters. The molecule has 0 atom stereocenters. The van der Waals surface area contributed by atoms with Gasteiger partial charge in [0, 0.05) is 17.9 Å². The highest BCUT2D eigenvalue weighted by Crippen LogP contribution is 2.32. The van der Waals surface area contributed by atoms with Gasteiger partial charge in [-0.25, -0.2) is 4.98 Å².